The summed E-state index contributed by atoms with van der Waals surface area (Å²) in [5.41, 5.74) is 0.756. The number of amides is 2. The molecule has 2 amide bonds. The first-order valence-corrected chi connectivity index (χ1v) is 6.84. The molecule has 0 fully saturated rings. The van der Waals surface area contributed by atoms with Crippen LogP contribution in [0.1, 0.15) is 26.2 Å². The summed E-state index contributed by atoms with van der Waals surface area (Å²) in [6, 6.07) is 6.88. The van der Waals surface area contributed by atoms with Gasteiger partial charge >= 0.3 is 12.0 Å². The minimum Gasteiger partial charge on any atom is -0.497 e. The number of urea groups is 1. The molecule has 1 aromatic carbocycles. The molecule has 116 valence electrons. The molecule has 1 atom stereocenters. The van der Waals surface area contributed by atoms with Crippen molar-refractivity contribution >= 4 is 17.7 Å². The molecule has 0 aromatic heterocycles. The molecule has 21 heavy (non-hydrogen) atoms. The molecule has 6 nitrogen and oxygen atoms in total. The first kappa shape index (κ1) is 16.8. The molecule has 2 N–H and O–H groups in total. The lowest BCUT2D eigenvalue weighted by molar-refractivity contribution is -0.137. The number of hydrogen-bond acceptors (Lipinski definition) is 3. The van der Waals surface area contributed by atoms with E-state index in [9.17, 15) is 9.59 Å². The van der Waals surface area contributed by atoms with E-state index in [1.807, 2.05) is 6.92 Å². The molecule has 1 aromatic rings. The van der Waals surface area contributed by atoms with Crippen LogP contribution < -0.4 is 15.0 Å². The number of carbonyl (C=O) groups excluding carboxylic acids is 1. The summed E-state index contributed by atoms with van der Waals surface area (Å²) in [5, 5.41) is 11.4. The molecule has 0 aliphatic heterocycles. The molecule has 0 bridgehead atoms. The van der Waals surface area contributed by atoms with Crippen molar-refractivity contribution in [3.8, 4) is 5.75 Å². The highest BCUT2D eigenvalue weighted by Crippen LogP contribution is 2.18. The second-order valence-electron chi connectivity index (χ2n) is 4.89. The van der Waals surface area contributed by atoms with Crippen LogP contribution in [0, 0.1) is 0 Å². The van der Waals surface area contributed by atoms with Crippen LogP contribution in [0.3, 0.4) is 0 Å². The average molecular weight is 294 g/mol. The smallest absolute Gasteiger partial charge is 0.321 e. The van der Waals surface area contributed by atoms with Crippen LogP contribution in [0.4, 0.5) is 10.5 Å². The van der Waals surface area contributed by atoms with Crippen molar-refractivity contribution in [1.82, 2.24) is 5.32 Å². The molecule has 0 radical (unpaired) electrons. The predicted molar refractivity (Wildman–Crippen MR) is 80.9 cm³/mol. The number of carboxylic acids is 1. The van der Waals surface area contributed by atoms with Crippen LogP contribution >= 0.6 is 0 Å². The third kappa shape index (κ3) is 5.72. The molecule has 0 heterocycles. The fourth-order valence-electron chi connectivity index (χ4n) is 1.86. The van der Waals surface area contributed by atoms with Gasteiger partial charge < -0.3 is 15.2 Å². The summed E-state index contributed by atoms with van der Waals surface area (Å²) >= 11 is 0. The van der Waals surface area contributed by atoms with E-state index in [0.29, 0.717) is 12.8 Å². The van der Waals surface area contributed by atoms with Crippen molar-refractivity contribution < 1.29 is 19.4 Å². The number of anilines is 1. The Labute approximate surface area is 124 Å². The monoisotopic (exact) mass is 294 g/mol. The van der Waals surface area contributed by atoms with E-state index in [-0.39, 0.29) is 18.5 Å². The number of nitrogens with one attached hydrogen (secondary N) is 1. The quantitative estimate of drug-likeness (QED) is 0.809. The van der Waals surface area contributed by atoms with Gasteiger partial charge in [0.1, 0.15) is 5.75 Å². The van der Waals surface area contributed by atoms with Crippen LogP contribution in [0.25, 0.3) is 0 Å². The lowest BCUT2D eigenvalue weighted by atomic mass is 10.1. The van der Waals surface area contributed by atoms with Crippen molar-refractivity contribution in [1.29, 1.82) is 0 Å². The van der Waals surface area contributed by atoms with E-state index in [2.05, 4.69) is 5.32 Å². The Morgan fingerprint density at radius 2 is 1.95 bits per heavy atom. The van der Waals surface area contributed by atoms with Crippen molar-refractivity contribution in [2.75, 3.05) is 19.1 Å². The van der Waals surface area contributed by atoms with E-state index in [4.69, 9.17) is 9.84 Å². The van der Waals surface area contributed by atoms with Gasteiger partial charge in [0.2, 0.25) is 0 Å². The summed E-state index contributed by atoms with van der Waals surface area (Å²) < 4.78 is 5.07. The predicted octanol–water partition coefficient (Wildman–Crippen LogP) is 2.48. The molecule has 6 heteroatoms. The van der Waals surface area contributed by atoms with Crippen molar-refractivity contribution in [2.24, 2.45) is 0 Å². The van der Waals surface area contributed by atoms with E-state index in [1.54, 1.807) is 38.4 Å². The summed E-state index contributed by atoms with van der Waals surface area (Å²) in [4.78, 5) is 24.0. The van der Waals surface area contributed by atoms with E-state index in [1.165, 1.54) is 4.90 Å². The highest BCUT2D eigenvalue weighted by molar-refractivity contribution is 5.91. The third-order valence-electron chi connectivity index (χ3n) is 3.16. The van der Waals surface area contributed by atoms with E-state index >= 15 is 0 Å². The van der Waals surface area contributed by atoms with E-state index in [0.717, 1.165) is 11.4 Å². The number of nitrogens with zero attached hydrogens (tertiary/aromatic N) is 1. The standard InChI is InChI=1S/C15H22N2O4/c1-11(5-4-6-14(18)19)16-15(20)17(2)12-7-9-13(21-3)10-8-12/h7-11H,4-6H2,1-3H3,(H,16,20)(H,18,19). The van der Waals surface area contributed by atoms with Gasteiger partial charge in [0.25, 0.3) is 0 Å². The highest BCUT2D eigenvalue weighted by Gasteiger charge is 2.13. The maximum absolute atomic E-state index is 12.1. The van der Waals surface area contributed by atoms with Gasteiger partial charge in [-0.25, -0.2) is 4.79 Å². The number of aliphatic carboxylic acids is 1. The molecule has 0 saturated carbocycles. The van der Waals surface area contributed by atoms with Gasteiger partial charge in [-0.15, -0.1) is 0 Å². The number of methoxy groups -OCH3 is 1. The van der Waals surface area contributed by atoms with Crippen molar-refractivity contribution in [3.63, 3.8) is 0 Å². The molecular weight excluding hydrogens is 272 g/mol. The van der Waals surface area contributed by atoms with Crippen LogP contribution in [0.2, 0.25) is 0 Å². The summed E-state index contributed by atoms with van der Waals surface area (Å²) in [6.07, 6.45) is 1.30. The van der Waals surface area contributed by atoms with Gasteiger partial charge in [0, 0.05) is 25.2 Å². The van der Waals surface area contributed by atoms with Crippen molar-refractivity contribution in [3.05, 3.63) is 24.3 Å². The summed E-state index contributed by atoms with van der Waals surface area (Å²) in [5.74, 6) is -0.0847. The van der Waals surface area contributed by atoms with Gasteiger partial charge in [-0.3, -0.25) is 9.69 Å². The number of carboxylic acid groups (broad SMARTS) is 1. The van der Waals surface area contributed by atoms with Gasteiger partial charge in [-0.2, -0.15) is 0 Å². The molecule has 1 unspecified atom stereocenters. The number of hydrogen-bond donors (Lipinski definition) is 2. The molecular formula is C15H22N2O4. The molecule has 0 aliphatic carbocycles. The minimum atomic E-state index is -0.816. The fourth-order valence-corrected chi connectivity index (χ4v) is 1.86. The zero-order valence-electron chi connectivity index (χ0n) is 12.6. The Morgan fingerprint density at radius 1 is 1.33 bits per heavy atom. The fraction of sp³-hybridized carbons (Fsp3) is 0.467. The van der Waals surface area contributed by atoms with Crippen LogP contribution in [-0.4, -0.2) is 37.3 Å². The maximum atomic E-state index is 12.1. The average Bonchev–Trinajstić information content (AvgIpc) is 2.46. The third-order valence-corrected chi connectivity index (χ3v) is 3.16. The number of ether oxygens (including phenoxy) is 1. The number of carbonyl (C=O) groups is 2. The molecule has 0 spiro atoms. The first-order valence-electron chi connectivity index (χ1n) is 6.84. The molecule has 0 saturated heterocycles. The largest absolute Gasteiger partial charge is 0.497 e. The molecule has 0 aliphatic rings. The minimum absolute atomic E-state index is 0.0717. The van der Waals surface area contributed by atoms with Gasteiger partial charge in [0.05, 0.1) is 7.11 Å². The Kier molecular flexibility index (Phi) is 6.52. The number of benzene rings is 1. The Bertz CT molecular complexity index is 473. The van der Waals surface area contributed by atoms with Crippen LogP contribution in [0.5, 0.6) is 5.75 Å². The normalized spacial score (nSPS) is 11.6. The lowest BCUT2D eigenvalue weighted by Gasteiger charge is -2.21. The van der Waals surface area contributed by atoms with Crippen molar-refractivity contribution in [2.45, 2.75) is 32.2 Å². The number of rotatable bonds is 7. The molecule has 1 rings (SSSR count). The van der Waals surface area contributed by atoms with Crippen LogP contribution in [-0.2, 0) is 4.79 Å². The van der Waals surface area contributed by atoms with Crippen LogP contribution in [0.15, 0.2) is 24.3 Å². The Balaban J connectivity index is 2.47. The first-order chi connectivity index (χ1) is 9.93. The Morgan fingerprint density at radius 3 is 2.48 bits per heavy atom. The van der Waals surface area contributed by atoms with Gasteiger partial charge in [0.15, 0.2) is 0 Å². The van der Waals surface area contributed by atoms with Gasteiger partial charge in [-0.05, 0) is 44.0 Å². The van der Waals surface area contributed by atoms with Gasteiger partial charge in [-0.1, -0.05) is 0 Å². The lowest BCUT2D eigenvalue weighted by Crippen LogP contribution is -2.42. The topological polar surface area (TPSA) is 78.9 Å². The van der Waals surface area contributed by atoms with E-state index < -0.39 is 5.97 Å². The second kappa shape index (κ2) is 8.14. The SMILES string of the molecule is COc1ccc(N(C)C(=O)NC(C)CCCC(=O)O)cc1. The zero-order chi connectivity index (χ0) is 15.8. The Hall–Kier alpha value is -2.24. The second-order valence-corrected chi connectivity index (χ2v) is 4.89. The maximum Gasteiger partial charge on any atom is 0.321 e. The zero-order valence-corrected chi connectivity index (χ0v) is 12.6. The summed E-state index contributed by atoms with van der Waals surface area (Å²) in [7, 11) is 3.27. The summed E-state index contributed by atoms with van der Waals surface area (Å²) in [6.45, 7) is 1.86. The highest BCUT2D eigenvalue weighted by atomic mass is 16.5.